The Kier molecular flexibility index (Phi) is 6.36. The topological polar surface area (TPSA) is 62.3 Å². The highest BCUT2D eigenvalue weighted by molar-refractivity contribution is 5.90. The molecule has 31 heavy (non-hydrogen) atoms. The fraction of sp³-hybridized carbons (Fsp3) is 0.391. The molecule has 0 bridgehead atoms. The van der Waals surface area contributed by atoms with Gasteiger partial charge in [-0.3, -0.25) is 14.8 Å². The number of Topliss-reactive ketones (excluding diaryl/α,β-unsaturated/α-hetero) is 1. The molecule has 0 spiro atoms. The smallest absolute Gasteiger partial charge is 0.414 e. The molecule has 1 amide bonds. The lowest BCUT2D eigenvalue weighted by molar-refractivity contribution is -0.117. The van der Waals surface area contributed by atoms with Gasteiger partial charge in [0.2, 0.25) is 0 Å². The molecule has 4 rings (SSSR count). The summed E-state index contributed by atoms with van der Waals surface area (Å²) < 4.78 is 20.3. The number of anilines is 3. The molecule has 8 heteroatoms. The normalized spacial score (nSPS) is 19.4. The van der Waals surface area contributed by atoms with E-state index in [2.05, 4.69) is 0 Å². The summed E-state index contributed by atoms with van der Waals surface area (Å²) in [4.78, 5) is 32.6. The predicted octanol–water partition coefficient (Wildman–Crippen LogP) is 3.78. The van der Waals surface area contributed by atoms with Crippen molar-refractivity contribution in [3.05, 3.63) is 54.3 Å². The van der Waals surface area contributed by atoms with Crippen LogP contribution in [-0.4, -0.2) is 50.8 Å². The number of para-hydroxylation sites is 1. The monoisotopic (exact) mass is 427 g/mol. The number of hydrogen-bond acceptors (Lipinski definition) is 6. The lowest BCUT2D eigenvalue weighted by Gasteiger charge is -2.24. The summed E-state index contributed by atoms with van der Waals surface area (Å²) in [6.45, 7) is 4.01. The highest BCUT2D eigenvalue weighted by Crippen LogP contribution is 2.29. The Hall–Kier alpha value is -3.13. The number of benzene rings is 2. The third-order valence-corrected chi connectivity index (χ3v) is 5.50. The molecule has 2 fully saturated rings. The second-order valence-corrected chi connectivity index (χ2v) is 7.75. The number of ketones is 1. The molecular formula is C23H26FN3O4. The molecule has 7 nitrogen and oxygen atoms in total. The fourth-order valence-electron chi connectivity index (χ4n) is 3.85. The zero-order valence-corrected chi connectivity index (χ0v) is 17.5. The molecule has 2 heterocycles. The van der Waals surface area contributed by atoms with Crippen molar-refractivity contribution in [2.75, 3.05) is 47.6 Å². The van der Waals surface area contributed by atoms with Crippen LogP contribution in [0.3, 0.4) is 0 Å². The maximum Gasteiger partial charge on any atom is 0.414 e. The van der Waals surface area contributed by atoms with Crippen molar-refractivity contribution in [2.24, 2.45) is 0 Å². The minimum atomic E-state index is -0.512. The highest BCUT2D eigenvalue weighted by Gasteiger charge is 2.33. The number of hydroxylamine groups is 1. The van der Waals surface area contributed by atoms with E-state index in [4.69, 9.17) is 9.57 Å². The molecule has 0 unspecified atom stereocenters. The first kappa shape index (κ1) is 21.1. The first-order valence-electron chi connectivity index (χ1n) is 10.5. The number of amides is 1. The average molecular weight is 427 g/mol. The Labute approximate surface area is 180 Å². The van der Waals surface area contributed by atoms with E-state index in [1.807, 2.05) is 40.3 Å². The summed E-state index contributed by atoms with van der Waals surface area (Å²) in [7, 11) is 0. The SMILES string of the molecule is CC(=O)CC[C@H]1CN(c2ccc(N3CCON(c4ccccc4)CC3)c(F)c2)C(=O)O1. The summed E-state index contributed by atoms with van der Waals surface area (Å²) in [6.07, 6.45) is -0.0341. The standard InChI is InChI=1S/C23H26FN3O4/c1-17(28)7-9-20-16-26(23(29)31-20)19-8-10-22(21(24)15-19)25-11-12-27(30-14-13-25)18-5-3-2-4-6-18/h2-6,8,10,15,20H,7,9,11-14,16H2,1H3/t20-/m0/s1. The van der Waals surface area contributed by atoms with Crippen molar-refractivity contribution in [1.29, 1.82) is 0 Å². The third-order valence-electron chi connectivity index (χ3n) is 5.50. The van der Waals surface area contributed by atoms with Crippen LogP contribution < -0.4 is 14.9 Å². The number of ether oxygens (including phenoxy) is 1. The first-order chi connectivity index (χ1) is 15.0. The van der Waals surface area contributed by atoms with Crippen molar-refractivity contribution in [3.8, 4) is 0 Å². The summed E-state index contributed by atoms with van der Waals surface area (Å²) in [5.74, 6) is -0.345. The van der Waals surface area contributed by atoms with Crippen molar-refractivity contribution in [1.82, 2.24) is 0 Å². The van der Waals surface area contributed by atoms with Gasteiger partial charge >= 0.3 is 6.09 Å². The van der Waals surface area contributed by atoms with Gasteiger partial charge in [-0.05, 0) is 43.7 Å². The van der Waals surface area contributed by atoms with E-state index in [0.29, 0.717) is 57.0 Å². The molecule has 1 atom stereocenters. The van der Waals surface area contributed by atoms with E-state index in [-0.39, 0.29) is 11.9 Å². The number of nitrogens with zero attached hydrogens (tertiary/aromatic N) is 3. The van der Waals surface area contributed by atoms with E-state index in [1.54, 1.807) is 12.1 Å². The van der Waals surface area contributed by atoms with Gasteiger partial charge in [0.1, 0.15) is 17.7 Å². The van der Waals surface area contributed by atoms with Crippen molar-refractivity contribution in [2.45, 2.75) is 25.9 Å². The van der Waals surface area contributed by atoms with Gasteiger partial charge in [0.25, 0.3) is 0 Å². The van der Waals surface area contributed by atoms with Crippen molar-refractivity contribution in [3.63, 3.8) is 0 Å². The van der Waals surface area contributed by atoms with E-state index < -0.39 is 11.9 Å². The van der Waals surface area contributed by atoms with E-state index in [0.717, 1.165) is 5.69 Å². The van der Waals surface area contributed by atoms with Gasteiger partial charge in [-0.15, -0.1) is 0 Å². The van der Waals surface area contributed by atoms with Gasteiger partial charge in [0.15, 0.2) is 0 Å². The molecule has 0 aliphatic carbocycles. The first-order valence-corrected chi connectivity index (χ1v) is 10.5. The summed E-state index contributed by atoms with van der Waals surface area (Å²) in [6, 6.07) is 14.6. The molecule has 2 aromatic carbocycles. The molecule has 2 saturated heterocycles. The molecule has 2 aliphatic heterocycles. The molecule has 2 aromatic rings. The van der Waals surface area contributed by atoms with Gasteiger partial charge < -0.3 is 14.4 Å². The second-order valence-electron chi connectivity index (χ2n) is 7.75. The lowest BCUT2D eigenvalue weighted by Crippen LogP contribution is -2.31. The van der Waals surface area contributed by atoms with Crippen LogP contribution in [0.5, 0.6) is 0 Å². The van der Waals surface area contributed by atoms with Crippen molar-refractivity contribution < 1.29 is 23.6 Å². The van der Waals surface area contributed by atoms with Crippen molar-refractivity contribution >= 4 is 28.9 Å². The Bertz CT molecular complexity index is 940. The fourth-order valence-corrected chi connectivity index (χ4v) is 3.85. The zero-order valence-electron chi connectivity index (χ0n) is 17.5. The molecule has 0 N–H and O–H groups in total. The van der Waals surface area contributed by atoms with E-state index in [1.165, 1.54) is 17.9 Å². The summed E-state index contributed by atoms with van der Waals surface area (Å²) >= 11 is 0. The molecular weight excluding hydrogens is 401 g/mol. The number of rotatable bonds is 6. The lowest BCUT2D eigenvalue weighted by atomic mass is 10.1. The Balaban J connectivity index is 1.42. The van der Waals surface area contributed by atoms with E-state index in [9.17, 15) is 14.0 Å². The molecule has 0 aromatic heterocycles. The summed E-state index contributed by atoms with van der Waals surface area (Å²) in [5, 5.41) is 1.83. The van der Waals surface area contributed by atoms with Crippen LogP contribution in [0, 0.1) is 5.82 Å². The molecule has 164 valence electrons. The molecule has 0 saturated carbocycles. The third kappa shape index (κ3) is 4.96. The van der Waals surface area contributed by atoms with Crippen LogP contribution in [0.2, 0.25) is 0 Å². The average Bonchev–Trinajstić information content (AvgIpc) is 2.97. The Morgan fingerprint density at radius 1 is 1.10 bits per heavy atom. The van der Waals surface area contributed by atoms with Gasteiger partial charge in [0.05, 0.1) is 36.8 Å². The van der Waals surface area contributed by atoms with Crippen LogP contribution >= 0.6 is 0 Å². The summed E-state index contributed by atoms with van der Waals surface area (Å²) in [5.41, 5.74) is 1.89. The second kappa shape index (κ2) is 9.34. The van der Waals surface area contributed by atoms with Crippen LogP contribution in [-0.2, 0) is 14.4 Å². The maximum atomic E-state index is 15.0. The zero-order chi connectivity index (χ0) is 21.8. The quantitative estimate of drug-likeness (QED) is 0.699. The van der Waals surface area contributed by atoms with E-state index >= 15 is 0 Å². The molecule has 0 radical (unpaired) electrons. The van der Waals surface area contributed by atoms with Crippen LogP contribution in [0.15, 0.2) is 48.5 Å². The Morgan fingerprint density at radius 2 is 1.90 bits per heavy atom. The predicted molar refractivity (Wildman–Crippen MR) is 116 cm³/mol. The van der Waals surface area contributed by atoms with Gasteiger partial charge in [-0.1, -0.05) is 18.2 Å². The largest absolute Gasteiger partial charge is 0.444 e. The maximum absolute atomic E-state index is 15.0. The minimum absolute atomic E-state index is 0.0529. The number of carbonyl (C=O) groups excluding carboxylic acids is 2. The van der Waals surface area contributed by atoms with Gasteiger partial charge in [-0.25, -0.2) is 9.18 Å². The number of carbonyl (C=O) groups is 2. The van der Waals surface area contributed by atoms with Gasteiger partial charge in [-0.2, -0.15) is 0 Å². The number of hydrogen-bond donors (Lipinski definition) is 0. The van der Waals surface area contributed by atoms with Crippen LogP contribution in [0.4, 0.5) is 26.2 Å². The highest BCUT2D eigenvalue weighted by atomic mass is 19.1. The molecule has 2 aliphatic rings. The van der Waals surface area contributed by atoms with Crippen LogP contribution in [0.25, 0.3) is 0 Å². The number of cyclic esters (lactones) is 1. The number of halogens is 1. The minimum Gasteiger partial charge on any atom is -0.444 e. The Morgan fingerprint density at radius 3 is 2.65 bits per heavy atom. The van der Waals surface area contributed by atoms with Crippen LogP contribution in [0.1, 0.15) is 19.8 Å². The van der Waals surface area contributed by atoms with Gasteiger partial charge in [0, 0.05) is 19.5 Å².